The number of esters is 1. The van der Waals surface area contributed by atoms with E-state index in [-0.39, 0.29) is 18.1 Å². The van der Waals surface area contributed by atoms with Crippen LogP contribution in [-0.2, 0) is 20.9 Å². The first-order chi connectivity index (χ1) is 13.9. The lowest BCUT2D eigenvalue weighted by molar-refractivity contribution is -0.159. The monoisotopic (exact) mass is 459 g/mol. The van der Waals surface area contributed by atoms with Crippen molar-refractivity contribution >= 4 is 33.6 Å². The molecule has 4 rings (SSSR count). The van der Waals surface area contributed by atoms with E-state index in [0.717, 1.165) is 15.7 Å². The number of methoxy groups -OCH3 is 1. The fourth-order valence-electron chi connectivity index (χ4n) is 4.31. The SMILES string of the molecule is COC(=O)C1(N(C)C)CC(=O)C=CC1CN1Cc2cc(Br)ccc2-n2cnnc21. The maximum Gasteiger partial charge on any atom is 0.327 e. The quantitative estimate of drug-likeness (QED) is 0.646. The van der Waals surface area contributed by atoms with Gasteiger partial charge in [-0.1, -0.05) is 22.0 Å². The first-order valence-electron chi connectivity index (χ1n) is 9.27. The summed E-state index contributed by atoms with van der Waals surface area (Å²) >= 11 is 3.54. The average molecular weight is 460 g/mol. The van der Waals surface area contributed by atoms with E-state index in [4.69, 9.17) is 4.74 Å². The van der Waals surface area contributed by atoms with Crippen LogP contribution in [0.25, 0.3) is 5.69 Å². The highest BCUT2D eigenvalue weighted by molar-refractivity contribution is 9.10. The van der Waals surface area contributed by atoms with Crippen LogP contribution in [0.4, 0.5) is 5.95 Å². The van der Waals surface area contributed by atoms with Crippen molar-refractivity contribution in [1.29, 1.82) is 0 Å². The summed E-state index contributed by atoms with van der Waals surface area (Å²) in [6.07, 6.45) is 5.15. The molecule has 2 unspecified atom stereocenters. The highest BCUT2D eigenvalue weighted by atomic mass is 79.9. The molecule has 2 aromatic rings. The Morgan fingerprint density at radius 1 is 1.41 bits per heavy atom. The van der Waals surface area contributed by atoms with Crippen molar-refractivity contribution in [3.8, 4) is 5.69 Å². The highest BCUT2D eigenvalue weighted by Gasteiger charge is 2.51. The van der Waals surface area contributed by atoms with Crippen molar-refractivity contribution in [2.45, 2.75) is 18.5 Å². The number of hydrogen-bond donors (Lipinski definition) is 0. The van der Waals surface area contributed by atoms with E-state index in [1.807, 2.05) is 36.9 Å². The molecule has 0 saturated carbocycles. The number of carbonyl (C=O) groups is 2. The van der Waals surface area contributed by atoms with Gasteiger partial charge < -0.3 is 9.64 Å². The van der Waals surface area contributed by atoms with Gasteiger partial charge in [-0.05, 0) is 43.9 Å². The number of anilines is 1. The number of carbonyl (C=O) groups excluding carboxylic acids is 2. The summed E-state index contributed by atoms with van der Waals surface area (Å²) in [5, 5.41) is 8.39. The van der Waals surface area contributed by atoms with Crippen molar-refractivity contribution in [3.63, 3.8) is 0 Å². The highest BCUT2D eigenvalue weighted by Crippen LogP contribution is 2.37. The number of likely N-dealkylation sites (N-methyl/N-ethyl adjacent to an activating group) is 1. The lowest BCUT2D eigenvalue weighted by Crippen LogP contribution is -2.61. The molecule has 0 saturated heterocycles. The Hall–Kier alpha value is -2.52. The number of ether oxygens (including phenoxy) is 1. The number of hydrogen-bond acceptors (Lipinski definition) is 7. The van der Waals surface area contributed by atoms with E-state index >= 15 is 0 Å². The van der Waals surface area contributed by atoms with E-state index < -0.39 is 11.5 Å². The second-order valence-corrected chi connectivity index (χ2v) is 8.49. The Bertz CT molecular complexity index is 1000. The number of benzene rings is 1. The number of nitrogens with zero attached hydrogens (tertiary/aromatic N) is 5. The van der Waals surface area contributed by atoms with E-state index in [2.05, 4.69) is 37.1 Å². The molecule has 0 fully saturated rings. The Morgan fingerprint density at radius 2 is 2.21 bits per heavy atom. The lowest BCUT2D eigenvalue weighted by atomic mass is 9.74. The molecule has 1 aliphatic heterocycles. The number of fused-ring (bicyclic) bond motifs is 3. The molecule has 0 spiro atoms. The molecular formula is C20H22BrN5O3. The first kappa shape index (κ1) is 19.8. The molecule has 1 aromatic carbocycles. The minimum atomic E-state index is -1.07. The molecule has 0 N–H and O–H groups in total. The van der Waals surface area contributed by atoms with E-state index in [0.29, 0.717) is 19.0 Å². The van der Waals surface area contributed by atoms with Gasteiger partial charge in [0.2, 0.25) is 5.95 Å². The van der Waals surface area contributed by atoms with Crippen molar-refractivity contribution < 1.29 is 14.3 Å². The molecule has 1 aromatic heterocycles. The third-order valence-electron chi connectivity index (χ3n) is 5.80. The van der Waals surface area contributed by atoms with Crippen molar-refractivity contribution in [1.82, 2.24) is 19.7 Å². The largest absolute Gasteiger partial charge is 0.468 e. The Balaban J connectivity index is 1.74. The van der Waals surface area contributed by atoms with Gasteiger partial charge in [0.25, 0.3) is 0 Å². The van der Waals surface area contributed by atoms with Gasteiger partial charge in [0.1, 0.15) is 11.9 Å². The van der Waals surface area contributed by atoms with Crippen LogP contribution in [0.5, 0.6) is 0 Å². The smallest absolute Gasteiger partial charge is 0.327 e. The molecule has 9 heteroatoms. The van der Waals surface area contributed by atoms with Gasteiger partial charge in [-0.15, -0.1) is 10.2 Å². The number of aromatic nitrogens is 3. The fourth-order valence-corrected chi connectivity index (χ4v) is 4.72. The zero-order chi connectivity index (χ0) is 20.8. The van der Waals surface area contributed by atoms with Crippen LogP contribution in [0.1, 0.15) is 12.0 Å². The molecule has 152 valence electrons. The zero-order valence-electron chi connectivity index (χ0n) is 16.5. The topological polar surface area (TPSA) is 80.6 Å². The maximum atomic E-state index is 12.9. The molecule has 2 heterocycles. The minimum absolute atomic E-state index is 0.0799. The van der Waals surface area contributed by atoms with Crippen molar-refractivity contribution in [2.75, 3.05) is 32.6 Å². The number of rotatable bonds is 4. The Labute approximate surface area is 177 Å². The van der Waals surface area contributed by atoms with Gasteiger partial charge >= 0.3 is 5.97 Å². The van der Waals surface area contributed by atoms with Crippen LogP contribution >= 0.6 is 15.9 Å². The summed E-state index contributed by atoms with van der Waals surface area (Å²) < 4.78 is 8.06. The third-order valence-corrected chi connectivity index (χ3v) is 6.29. The molecular weight excluding hydrogens is 438 g/mol. The van der Waals surface area contributed by atoms with Crippen LogP contribution in [-0.4, -0.2) is 64.7 Å². The number of allylic oxidation sites excluding steroid dienone is 1. The van der Waals surface area contributed by atoms with E-state index in [1.54, 1.807) is 17.3 Å². The molecule has 2 aliphatic rings. The first-order valence-corrected chi connectivity index (χ1v) is 10.1. The predicted molar refractivity (Wildman–Crippen MR) is 111 cm³/mol. The zero-order valence-corrected chi connectivity index (χ0v) is 18.1. The second-order valence-electron chi connectivity index (χ2n) is 7.57. The summed E-state index contributed by atoms with van der Waals surface area (Å²) in [6, 6.07) is 6.09. The van der Waals surface area contributed by atoms with Crippen LogP contribution < -0.4 is 4.90 Å². The predicted octanol–water partition coefficient (Wildman–Crippen LogP) is 1.97. The minimum Gasteiger partial charge on any atom is -0.468 e. The number of ketones is 1. The van der Waals surface area contributed by atoms with Crippen LogP contribution in [0.2, 0.25) is 0 Å². The van der Waals surface area contributed by atoms with Gasteiger partial charge in [0.15, 0.2) is 5.78 Å². The van der Waals surface area contributed by atoms with E-state index in [1.165, 1.54) is 7.11 Å². The van der Waals surface area contributed by atoms with Crippen molar-refractivity contribution in [2.24, 2.45) is 5.92 Å². The molecule has 1 aliphatic carbocycles. The second kappa shape index (κ2) is 7.38. The van der Waals surface area contributed by atoms with Gasteiger partial charge in [0.05, 0.1) is 12.8 Å². The molecule has 8 nitrogen and oxygen atoms in total. The summed E-state index contributed by atoms with van der Waals surface area (Å²) in [7, 11) is 4.97. The Morgan fingerprint density at radius 3 is 2.93 bits per heavy atom. The third kappa shape index (κ3) is 3.18. The van der Waals surface area contributed by atoms with Crippen LogP contribution in [0.15, 0.2) is 41.2 Å². The average Bonchev–Trinajstić information content (AvgIpc) is 3.18. The molecule has 2 atom stereocenters. The van der Waals surface area contributed by atoms with Gasteiger partial charge in [0, 0.05) is 29.9 Å². The lowest BCUT2D eigenvalue weighted by Gasteiger charge is -2.45. The molecule has 0 bridgehead atoms. The fraction of sp³-hybridized carbons (Fsp3) is 0.400. The maximum absolute atomic E-state index is 12.9. The molecule has 0 amide bonds. The van der Waals surface area contributed by atoms with Crippen LogP contribution in [0.3, 0.4) is 0 Å². The van der Waals surface area contributed by atoms with Gasteiger partial charge in [-0.25, -0.2) is 0 Å². The Kier molecular flexibility index (Phi) is 5.04. The summed E-state index contributed by atoms with van der Waals surface area (Å²) in [6.45, 7) is 1.11. The summed E-state index contributed by atoms with van der Waals surface area (Å²) in [5.74, 6) is -0.0487. The number of halogens is 1. The van der Waals surface area contributed by atoms with Gasteiger partial charge in [-0.2, -0.15) is 0 Å². The van der Waals surface area contributed by atoms with Crippen molar-refractivity contribution in [3.05, 3.63) is 46.7 Å². The molecule has 0 radical (unpaired) electrons. The standard InChI is InChI=1S/C20H22BrN5O3/c1-24(2)20(18(28)29-3)9-16(27)6-4-14(20)11-25-10-13-8-15(21)5-7-17(13)26-12-22-23-19(25)26/h4-8,12,14H,9-11H2,1-3H3. The summed E-state index contributed by atoms with van der Waals surface area (Å²) in [5.41, 5.74) is 1.09. The summed E-state index contributed by atoms with van der Waals surface area (Å²) in [4.78, 5) is 29.0. The molecule has 29 heavy (non-hydrogen) atoms. The normalized spacial score (nSPS) is 23.1. The van der Waals surface area contributed by atoms with Crippen LogP contribution in [0, 0.1) is 5.92 Å². The van der Waals surface area contributed by atoms with E-state index in [9.17, 15) is 9.59 Å². The van der Waals surface area contributed by atoms with Gasteiger partial charge in [-0.3, -0.25) is 19.1 Å².